The van der Waals surface area contributed by atoms with E-state index in [1.807, 2.05) is 24.4 Å². The van der Waals surface area contributed by atoms with Gasteiger partial charge >= 0.3 is 0 Å². The minimum atomic E-state index is 0.169. The average molecular weight is 333 g/mol. The smallest absolute Gasteiger partial charge is 0.136 e. The molecule has 0 radical (unpaired) electrons. The van der Waals surface area contributed by atoms with Crippen LogP contribution in [0.4, 0.5) is 0 Å². The topological polar surface area (TPSA) is 30.3 Å². The molecule has 0 N–H and O–H groups in total. The summed E-state index contributed by atoms with van der Waals surface area (Å²) < 4.78 is 8.28. The third kappa shape index (κ3) is 3.44. The molecular formula is C21H23N3O. The number of aromatic nitrogens is 2. The van der Waals surface area contributed by atoms with Crippen LogP contribution in [0.1, 0.15) is 23.7 Å². The minimum Gasteiger partial charge on any atom is -0.489 e. The number of aryl methyl sites for hydroxylation is 1. The van der Waals surface area contributed by atoms with Gasteiger partial charge < -0.3 is 9.30 Å². The van der Waals surface area contributed by atoms with Gasteiger partial charge in [0.2, 0.25) is 0 Å². The fourth-order valence-electron chi connectivity index (χ4n) is 3.48. The number of hydrogen-bond acceptors (Lipinski definition) is 3. The monoisotopic (exact) mass is 333 g/mol. The molecule has 0 fully saturated rings. The Morgan fingerprint density at radius 1 is 1.16 bits per heavy atom. The lowest BCUT2D eigenvalue weighted by Crippen LogP contribution is -2.31. The molecule has 1 atom stereocenters. The van der Waals surface area contributed by atoms with Gasteiger partial charge in [0, 0.05) is 43.3 Å². The molecule has 0 aliphatic carbocycles. The predicted molar refractivity (Wildman–Crippen MR) is 98.9 cm³/mol. The Labute approximate surface area is 148 Å². The summed E-state index contributed by atoms with van der Waals surface area (Å²) in [4.78, 5) is 6.92. The van der Waals surface area contributed by atoms with Crippen LogP contribution in [0.2, 0.25) is 0 Å². The van der Waals surface area contributed by atoms with E-state index in [9.17, 15) is 0 Å². The Morgan fingerprint density at radius 3 is 2.92 bits per heavy atom. The molecule has 128 valence electrons. The van der Waals surface area contributed by atoms with Crippen molar-refractivity contribution in [3.63, 3.8) is 0 Å². The molecule has 0 bridgehead atoms. The van der Waals surface area contributed by atoms with Crippen LogP contribution in [0.5, 0.6) is 5.75 Å². The molecule has 4 heteroatoms. The second kappa shape index (κ2) is 6.73. The summed E-state index contributed by atoms with van der Waals surface area (Å²) in [6, 6.07) is 16.7. The highest BCUT2D eigenvalue weighted by Crippen LogP contribution is 2.27. The summed E-state index contributed by atoms with van der Waals surface area (Å²) in [7, 11) is 0. The molecule has 4 nitrogen and oxygen atoms in total. The lowest BCUT2D eigenvalue weighted by atomic mass is 10.1. The lowest BCUT2D eigenvalue weighted by molar-refractivity contribution is 0.155. The maximum Gasteiger partial charge on any atom is 0.136 e. The van der Waals surface area contributed by atoms with Crippen molar-refractivity contribution in [3.8, 4) is 11.6 Å². The predicted octanol–water partition coefficient (Wildman–Crippen LogP) is 3.96. The van der Waals surface area contributed by atoms with E-state index >= 15 is 0 Å². The first-order valence-electron chi connectivity index (χ1n) is 8.75. The summed E-state index contributed by atoms with van der Waals surface area (Å²) in [5.74, 6) is 1.97. The van der Waals surface area contributed by atoms with Gasteiger partial charge in [0.05, 0.1) is 0 Å². The van der Waals surface area contributed by atoms with Crippen molar-refractivity contribution in [1.29, 1.82) is 0 Å². The van der Waals surface area contributed by atoms with Crippen molar-refractivity contribution >= 4 is 0 Å². The number of rotatable bonds is 3. The first kappa shape index (κ1) is 15.9. The SMILES string of the molecule is Cc1ccc2c(c1)CN(Cc1cccn1-c1ccccn1)CC(C)O2. The molecule has 0 saturated heterocycles. The first-order valence-corrected chi connectivity index (χ1v) is 8.75. The van der Waals surface area contributed by atoms with Crippen LogP contribution in [-0.4, -0.2) is 27.1 Å². The summed E-state index contributed by atoms with van der Waals surface area (Å²) in [5.41, 5.74) is 3.77. The fraction of sp³-hybridized carbons (Fsp3) is 0.286. The highest BCUT2D eigenvalue weighted by molar-refractivity contribution is 5.37. The van der Waals surface area contributed by atoms with Gasteiger partial charge in [0.1, 0.15) is 17.7 Å². The van der Waals surface area contributed by atoms with Gasteiger partial charge in [0.15, 0.2) is 0 Å². The van der Waals surface area contributed by atoms with E-state index in [1.54, 1.807) is 0 Å². The highest BCUT2D eigenvalue weighted by Gasteiger charge is 2.21. The molecule has 4 rings (SSSR count). The van der Waals surface area contributed by atoms with Gasteiger partial charge in [-0.05, 0) is 44.2 Å². The van der Waals surface area contributed by atoms with Crippen LogP contribution < -0.4 is 4.74 Å². The molecule has 1 unspecified atom stereocenters. The van der Waals surface area contributed by atoms with E-state index in [0.717, 1.165) is 31.2 Å². The molecule has 0 amide bonds. The summed E-state index contributed by atoms with van der Waals surface area (Å²) in [5, 5.41) is 0. The van der Waals surface area contributed by atoms with Gasteiger partial charge in [-0.1, -0.05) is 23.8 Å². The Hall–Kier alpha value is -2.59. The van der Waals surface area contributed by atoms with E-state index in [-0.39, 0.29) is 6.10 Å². The van der Waals surface area contributed by atoms with Gasteiger partial charge in [0.25, 0.3) is 0 Å². The number of nitrogens with zero attached hydrogens (tertiary/aromatic N) is 3. The Balaban J connectivity index is 1.60. The van der Waals surface area contributed by atoms with Crippen LogP contribution in [0.3, 0.4) is 0 Å². The van der Waals surface area contributed by atoms with Crippen LogP contribution >= 0.6 is 0 Å². The lowest BCUT2D eigenvalue weighted by Gasteiger charge is -2.22. The summed E-state index contributed by atoms with van der Waals surface area (Å²) in [6.07, 6.45) is 4.08. The number of benzene rings is 1. The van der Waals surface area contributed by atoms with E-state index in [2.05, 4.69) is 64.8 Å². The highest BCUT2D eigenvalue weighted by atomic mass is 16.5. The van der Waals surface area contributed by atoms with E-state index in [0.29, 0.717) is 0 Å². The van der Waals surface area contributed by atoms with E-state index in [1.165, 1.54) is 16.8 Å². The molecule has 1 aliphatic heterocycles. The molecule has 1 aromatic carbocycles. The molecule has 1 aliphatic rings. The average Bonchev–Trinajstić information content (AvgIpc) is 2.99. The normalized spacial score (nSPS) is 17.6. The van der Waals surface area contributed by atoms with Crippen molar-refractivity contribution < 1.29 is 4.74 Å². The van der Waals surface area contributed by atoms with Crippen molar-refractivity contribution in [2.24, 2.45) is 0 Å². The zero-order chi connectivity index (χ0) is 17.2. The first-order chi connectivity index (χ1) is 12.2. The second-order valence-electron chi connectivity index (χ2n) is 6.77. The standard InChI is InChI=1S/C21H23N3O/c1-16-8-9-20-18(12-16)14-23(13-17(2)25-20)15-19-6-5-11-24(19)21-7-3-4-10-22-21/h3-12,17H,13-15H2,1-2H3. The van der Waals surface area contributed by atoms with Gasteiger partial charge in [-0.2, -0.15) is 0 Å². The molecule has 2 aromatic heterocycles. The summed E-state index contributed by atoms with van der Waals surface area (Å²) in [6.45, 7) is 6.94. The van der Waals surface area contributed by atoms with Gasteiger partial charge in [-0.15, -0.1) is 0 Å². The van der Waals surface area contributed by atoms with Gasteiger partial charge in [-0.25, -0.2) is 4.98 Å². The molecule has 0 spiro atoms. The molecule has 0 saturated carbocycles. The van der Waals surface area contributed by atoms with Crippen LogP contribution in [0.25, 0.3) is 5.82 Å². The summed E-state index contributed by atoms with van der Waals surface area (Å²) >= 11 is 0. The van der Waals surface area contributed by atoms with Crippen LogP contribution in [0.15, 0.2) is 60.9 Å². The third-order valence-electron chi connectivity index (χ3n) is 4.57. The number of pyridine rings is 1. The molecular weight excluding hydrogens is 310 g/mol. The fourth-order valence-corrected chi connectivity index (χ4v) is 3.48. The largest absolute Gasteiger partial charge is 0.489 e. The minimum absolute atomic E-state index is 0.169. The number of hydrogen-bond donors (Lipinski definition) is 0. The second-order valence-corrected chi connectivity index (χ2v) is 6.77. The third-order valence-corrected chi connectivity index (χ3v) is 4.57. The molecule has 3 heterocycles. The van der Waals surface area contributed by atoms with Crippen molar-refractivity contribution in [2.45, 2.75) is 33.0 Å². The Bertz CT molecular complexity index is 857. The van der Waals surface area contributed by atoms with Crippen molar-refractivity contribution in [2.75, 3.05) is 6.54 Å². The maximum absolute atomic E-state index is 6.12. The number of fused-ring (bicyclic) bond motifs is 1. The van der Waals surface area contributed by atoms with Crippen LogP contribution in [-0.2, 0) is 13.1 Å². The quantitative estimate of drug-likeness (QED) is 0.727. The zero-order valence-electron chi connectivity index (χ0n) is 14.7. The maximum atomic E-state index is 6.12. The Kier molecular flexibility index (Phi) is 4.28. The van der Waals surface area contributed by atoms with E-state index < -0.39 is 0 Å². The Morgan fingerprint density at radius 2 is 2.08 bits per heavy atom. The molecule has 25 heavy (non-hydrogen) atoms. The van der Waals surface area contributed by atoms with Crippen molar-refractivity contribution in [1.82, 2.24) is 14.5 Å². The van der Waals surface area contributed by atoms with Gasteiger partial charge in [-0.3, -0.25) is 4.90 Å². The zero-order valence-corrected chi connectivity index (χ0v) is 14.7. The van der Waals surface area contributed by atoms with Crippen LogP contribution in [0, 0.1) is 6.92 Å². The molecule has 3 aromatic rings. The van der Waals surface area contributed by atoms with Crippen molar-refractivity contribution in [3.05, 3.63) is 77.7 Å². The van der Waals surface area contributed by atoms with E-state index in [4.69, 9.17) is 4.74 Å². The number of ether oxygens (including phenoxy) is 1.